The predicted octanol–water partition coefficient (Wildman–Crippen LogP) is 4.74. The first kappa shape index (κ1) is 18.9. The quantitative estimate of drug-likeness (QED) is 0.461. The summed E-state index contributed by atoms with van der Waals surface area (Å²) in [7, 11) is 0. The molecule has 8 heteroatoms. The van der Waals surface area contributed by atoms with Crippen LogP contribution in [-0.2, 0) is 0 Å². The summed E-state index contributed by atoms with van der Waals surface area (Å²) in [5, 5.41) is 13.0. The highest BCUT2D eigenvalue weighted by Crippen LogP contribution is 2.35. The standard InChI is InChI=1S/C21H20N4O3S/c1-3-27-13-9-10-18(28-4-2)15(11-13)17-12-29-21(22-17)23-20(26)19-14-7-5-6-8-16(14)24-25-19/h5-12H,3-4H2,1-2H3,(H,24,25)(H,22,23,26). The number of nitrogens with zero attached hydrogens (tertiary/aromatic N) is 2. The van der Waals surface area contributed by atoms with E-state index in [9.17, 15) is 4.79 Å². The molecule has 0 aliphatic heterocycles. The van der Waals surface area contributed by atoms with Crippen molar-refractivity contribution in [2.24, 2.45) is 0 Å². The van der Waals surface area contributed by atoms with Gasteiger partial charge in [-0.1, -0.05) is 18.2 Å². The van der Waals surface area contributed by atoms with Gasteiger partial charge in [-0.25, -0.2) is 4.98 Å². The van der Waals surface area contributed by atoms with Crippen molar-refractivity contribution in [1.82, 2.24) is 15.2 Å². The first-order valence-electron chi connectivity index (χ1n) is 9.29. The summed E-state index contributed by atoms with van der Waals surface area (Å²) in [5.74, 6) is 1.15. The van der Waals surface area contributed by atoms with Crippen molar-refractivity contribution < 1.29 is 14.3 Å². The van der Waals surface area contributed by atoms with E-state index in [0.717, 1.165) is 28.0 Å². The molecule has 0 aliphatic carbocycles. The number of H-pyrrole nitrogens is 1. The highest BCUT2D eigenvalue weighted by molar-refractivity contribution is 7.14. The third-order valence-electron chi connectivity index (χ3n) is 4.25. The monoisotopic (exact) mass is 408 g/mol. The van der Waals surface area contributed by atoms with Crippen LogP contribution in [0.1, 0.15) is 24.3 Å². The van der Waals surface area contributed by atoms with E-state index in [1.54, 1.807) is 0 Å². The molecule has 0 atom stereocenters. The molecule has 0 saturated heterocycles. The summed E-state index contributed by atoms with van der Waals surface area (Å²) < 4.78 is 11.3. The smallest absolute Gasteiger partial charge is 0.278 e. The van der Waals surface area contributed by atoms with Crippen molar-refractivity contribution in [1.29, 1.82) is 0 Å². The molecular weight excluding hydrogens is 388 g/mol. The Morgan fingerprint density at radius 2 is 1.97 bits per heavy atom. The Morgan fingerprint density at radius 1 is 1.14 bits per heavy atom. The molecule has 1 amide bonds. The lowest BCUT2D eigenvalue weighted by Crippen LogP contribution is -2.12. The van der Waals surface area contributed by atoms with Gasteiger partial charge in [0.05, 0.1) is 24.4 Å². The molecule has 2 N–H and O–H groups in total. The molecule has 2 heterocycles. The molecular formula is C21H20N4O3S. The van der Waals surface area contributed by atoms with Crippen LogP contribution < -0.4 is 14.8 Å². The van der Waals surface area contributed by atoms with E-state index in [4.69, 9.17) is 9.47 Å². The number of hydrogen-bond donors (Lipinski definition) is 2. The number of para-hydroxylation sites is 1. The second-order valence-corrected chi connectivity index (χ2v) is 6.99. The summed E-state index contributed by atoms with van der Waals surface area (Å²) in [6.45, 7) is 4.98. The van der Waals surface area contributed by atoms with E-state index in [0.29, 0.717) is 29.7 Å². The molecule has 0 bridgehead atoms. The van der Waals surface area contributed by atoms with Crippen LogP contribution in [-0.4, -0.2) is 34.3 Å². The number of carbonyl (C=O) groups excluding carboxylic acids is 1. The maximum Gasteiger partial charge on any atom is 0.278 e. The minimum absolute atomic E-state index is 0.309. The van der Waals surface area contributed by atoms with Crippen molar-refractivity contribution in [2.45, 2.75) is 13.8 Å². The average molecular weight is 408 g/mol. The number of rotatable bonds is 7. The molecule has 2 aromatic heterocycles. The van der Waals surface area contributed by atoms with Crippen LogP contribution in [0.15, 0.2) is 47.8 Å². The minimum Gasteiger partial charge on any atom is -0.494 e. The normalized spacial score (nSPS) is 10.8. The Morgan fingerprint density at radius 3 is 2.79 bits per heavy atom. The number of aromatic nitrogens is 3. The van der Waals surface area contributed by atoms with Gasteiger partial charge in [0, 0.05) is 16.3 Å². The minimum atomic E-state index is -0.309. The van der Waals surface area contributed by atoms with Gasteiger partial charge in [0.1, 0.15) is 11.5 Å². The lowest BCUT2D eigenvalue weighted by Gasteiger charge is -2.11. The molecule has 0 fully saturated rings. The summed E-state index contributed by atoms with van der Waals surface area (Å²) in [6.07, 6.45) is 0. The van der Waals surface area contributed by atoms with E-state index < -0.39 is 0 Å². The Balaban J connectivity index is 1.60. The zero-order chi connectivity index (χ0) is 20.2. The second kappa shape index (κ2) is 8.32. The molecule has 0 unspecified atom stereocenters. The van der Waals surface area contributed by atoms with Gasteiger partial charge in [-0.2, -0.15) is 5.10 Å². The largest absolute Gasteiger partial charge is 0.494 e. The molecule has 0 saturated carbocycles. The maximum atomic E-state index is 12.7. The van der Waals surface area contributed by atoms with Crippen LogP contribution in [0, 0.1) is 0 Å². The van der Waals surface area contributed by atoms with Crippen molar-refractivity contribution in [3.8, 4) is 22.8 Å². The topological polar surface area (TPSA) is 89.1 Å². The second-order valence-electron chi connectivity index (χ2n) is 6.13. The Bertz CT molecular complexity index is 1150. The predicted molar refractivity (Wildman–Crippen MR) is 114 cm³/mol. The molecule has 0 aliphatic rings. The summed E-state index contributed by atoms with van der Waals surface area (Å²) in [5.41, 5.74) is 2.68. The third-order valence-corrected chi connectivity index (χ3v) is 5.01. The number of benzene rings is 2. The van der Waals surface area contributed by atoms with Gasteiger partial charge in [-0.3, -0.25) is 15.2 Å². The number of nitrogens with one attached hydrogen (secondary N) is 2. The van der Waals surface area contributed by atoms with Gasteiger partial charge in [0.15, 0.2) is 10.8 Å². The number of aromatic amines is 1. The number of anilines is 1. The zero-order valence-corrected chi connectivity index (χ0v) is 16.9. The third kappa shape index (κ3) is 3.93. The Kier molecular flexibility index (Phi) is 5.44. The Labute approximate surface area is 171 Å². The number of amides is 1. The lowest BCUT2D eigenvalue weighted by atomic mass is 10.1. The lowest BCUT2D eigenvalue weighted by molar-refractivity contribution is 0.102. The fourth-order valence-electron chi connectivity index (χ4n) is 2.99. The molecule has 0 spiro atoms. The summed E-state index contributed by atoms with van der Waals surface area (Å²) in [6, 6.07) is 13.1. The van der Waals surface area contributed by atoms with Gasteiger partial charge in [0.2, 0.25) is 0 Å². The van der Waals surface area contributed by atoms with Crippen molar-refractivity contribution in [3.63, 3.8) is 0 Å². The van der Waals surface area contributed by atoms with E-state index in [-0.39, 0.29) is 5.91 Å². The van der Waals surface area contributed by atoms with Gasteiger partial charge >= 0.3 is 0 Å². The number of hydrogen-bond acceptors (Lipinski definition) is 6. The van der Waals surface area contributed by atoms with Crippen LogP contribution in [0.2, 0.25) is 0 Å². The van der Waals surface area contributed by atoms with Gasteiger partial charge in [-0.05, 0) is 38.1 Å². The highest BCUT2D eigenvalue weighted by atomic mass is 32.1. The van der Waals surface area contributed by atoms with Crippen molar-refractivity contribution in [2.75, 3.05) is 18.5 Å². The first-order chi connectivity index (χ1) is 14.2. The van der Waals surface area contributed by atoms with Crippen LogP contribution in [0.4, 0.5) is 5.13 Å². The molecule has 148 valence electrons. The van der Waals surface area contributed by atoms with Crippen LogP contribution >= 0.6 is 11.3 Å². The van der Waals surface area contributed by atoms with Gasteiger partial charge < -0.3 is 9.47 Å². The van der Waals surface area contributed by atoms with Crippen molar-refractivity contribution >= 4 is 33.3 Å². The molecule has 7 nitrogen and oxygen atoms in total. The van der Waals surface area contributed by atoms with E-state index in [2.05, 4.69) is 20.5 Å². The SMILES string of the molecule is CCOc1ccc(OCC)c(-c2csc(NC(=O)c3n[nH]c4ccccc34)n2)c1. The highest BCUT2D eigenvalue weighted by Gasteiger charge is 2.17. The summed E-state index contributed by atoms with van der Waals surface area (Å²) >= 11 is 1.34. The zero-order valence-electron chi connectivity index (χ0n) is 16.1. The number of carbonyl (C=O) groups is 1. The number of thiazole rings is 1. The maximum absolute atomic E-state index is 12.7. The fraction of sp³-hybridized carbons (Fsp3) is 0.190. The van der Waals surface area contributed by atoms with Crippen LogP contribution in [0.5, 0.6) is 11.5 Å². The fourth-order valence-corrected chi connectivity index (χ4v) is 3.70. The Hall–Kier alpha value is -3.39. The van der Waals surface area contributed by atoms with Crippen LogP contribution in [0.25, 0.3) is 22.2 Å². The van der Waals surface area contributed by atoms with Crippen molar-refractivity contribution in [3.05, 3.63) is 53.5 Å². The molecule has 4 aromatic rings. The molecule has 2 aromatic carbocycles. The van der Waals surface area contributed by atoms with Gasteiger partial charge in [-0.15, -0.1) is 11.3 Å². The van der Waals surface area contributed by atoms with E-state index >= 15 is 0 Å². The van der Waals surface area contributed by atoms with Gasteiger partial charge in [0.25, 0.3) is 5.91 Å². The number of ether oxygens (including phenoxy) is 2. The summed E-state index contributed by atoms with van der Waals surface area (Å²) in [4.78, 5) is 17.2. The van der Waals surface area contributed by atoms with E-state index in [1.165, 1.54) is 11.3 Å². The number of fused-ring (bicyclic) bond motifs is 1. The molecule has 29 heavy (non-hydrogen) atoms. The molecule has 4 rings (SSSR count). The van der Waals surface area contributed by atoms with Crippen LogP contribution in [0.3, 0.4) is 0 Å². The van der Waals surface area contributed by atoms with E-state index in [1.807, 2.05) is 61.7 Å². The average Bonchev–Trinajstić information content (AvgIpc) is 3.36. The first-order valence-corrected chi connectivity index (χ1v) is 10.2. The molecule has 0 radical (unpaired) electrons.